The first-order valence-electron chi connectivity index (χ1n) is 5.94. The van der Waals surface area contributed by atoms with Crippen LogP contribution in [0.25, 0.3) is 5.69 Å². The minimum Gasteiger partial charge on any atom is -0.441 e. The zero-order valence-electron chi connectivity index (χ0n) is 10.3. The van der Waals surface area contributed by atoms with Crippen LogP contribution in [0.2, 0.25) is 0 Å². The number of cyclic esters (lactones) is 1. The molecule has 2 heterocycles. The van der Waals surface area contributed by atoms with Crippen molar-refractivity contribution < 1.29 is 19.0 Å². The quantitative estimate of drug-likeness (QED) is 0.895. The first-order valence-corrected chi connectivity index (χ1v) is 5.94. The molecule has 1 aliphatic heterocycles. The summed E-state index contributed by atoms with van der Waals surface area (Å²) in [6.07, 6.45) is 1.78. The van der Waals surface area contributed by atoms with Crippen molar-refractivity contribution in [2.24, 2.45) is 0 Å². The number of hydrogen-bond acceptors (Lipinski definition) is 5. The fourth-order valence-corrected chi connectivity index (χ4v) is 2.01. The summed E-state index contributed by atoms with van der Waals surface area (Å²) in [5.41, 5.74) is 0.602. The lowest BCUT2D eigenvalue weighted by Gasteiger charge is -2.14. The van der Waals surface area contributed by atoms with E-state index in [1.807, 2.05) is 0 Å². The van der Waals surface area contributed by atoms with E-state index in [-0.39, 0.29) is 18.8 Å². The molecule has 7 nitrogen and oxygen atoms in total. The Kier molecular flexibility index (Phi) is 3.07. The molecule has 1 aromatic heterocycles. The lowest BCUT2D eigenvalue weighted by Crippen LogP contribution is -2.25. The summed E-state index contributed by atoms with van der Waals surface area (Å²) in [6.45, 7) is -0.0702. The van der Waals surface area contributed by atoms with E-state index >= 15 is 0 Å². The van der Waals surface area contributed by atoms with Crippen molar-refractivity contribution >= 4 is 11.8 Å². The normalized spacial score (nSPS) is 18.4. The van der Waals surface area contributed by atoms with Crippen molar-refractivity contribution in [2.75, 3.05) is 18.1 Å². The van der Waals surface area contributed by atoms with Gasteiger partial charge in [0, 0.05) is 0 Å². The third kappa shape index (κ3) is 2.10. The Morgan fingerprint density at radius 1 is 1.50 bits per heavy atom. The van der Waals surface area contributed by atoms with Crippen LogP contribution in [0.3, 0.4) is 0 Å². The van der Waals surface area contributed by atoms with Gasteiger partial charge in [0.2, 0.25) is 0 Å². The van der Waals surface area contributed by atoms with E-state index in [1.54, 1.807) is 6.07 Å². The second kappa shape index (κ2) is 4.89. The maximum atomic E-state index is 14.1. The lowest BCUT2D eigenvalue weighted by molar-refractivity contribution is 0.0963. The highest BCUT2D eigenvalue weighted by Gasteiger charge is 2.32. The summed E-state index contributed by atoms with van der Waals surface area (Å²) in [6, 6.07) is 4.30. The van der Waals surface area contributed by atoms with E-state index in [0.29, 0.717) is 5.69 Å². The number of amides is 1. The van der Waals surface area contributed by atoms with E-state index in [1.165, 1.54) is 34.1 Å². The van der Waals surface area contributed by atoms with Crippen LogP contribution in [0.5, 0.6) is 0 Å². The zero-order chi connectivity index (χ0) is 14.1. The van der Waals surface area contributed by atoms with E-state index < -0.39 is 18.0 Å². The predicted molar refractivity (Wildman–Crippen MR) is 66.0 cm³/mol. The number of rotatable bonds is 3. The molecule has 0 spiro atoms. The molecule has 0 aliphatic carbocycles. The van der Waals surface area contributed by atoms with Crippen molar-refractivity contribution in [2.45, 2.75) is 6.10 Å². The molecule has 1 N–H and O–H groups in total. The highest BCUT2D eigenvalue weighted by Crippen LogP contribution is 2.24. The number of anilines is 1. The number of halogens is 1. The molecule has 8 heteroatoms. The van der Waals surface area contributed by atoms with Crippen LogP contribution in [-0.2, 0) is 4.74 Å². The highest BCUT2D eigenvalue weighted by atomic mass is 19.1. The lowest BCUT2D eigenvalue weighted by atomic mass is 10.2. The number of nitrogens with zero attached hydrogens (tertiary/aromatic N) is 4. The number of aliphatic hydroxyl groups excluding tert-OH is 1. The monoisotopic (exact) mass is 278 g/mol. The minimum atomic E-state index is -0.600. The molecular formula is C12H11FN4O3. The van der Waals surface area contributed by atoms with Crippen molar-refractivity contribution in [1.82, 2.24) is 15.0 Å². The molecule has 1 amide bonds. The fraction of sp³-hybridized carbons (Fsp3) is 0.250. The van der Waals surface area contributed by atoms with Crippen molar-refractivity contribution in [3.8, 4) is 5.69 Å². The van der Waals surface area contributed by atoms with Gasteiger partial charge in [0.25, 0.3) is 0 Å². The Bertz CT molecular complexity index is 632. The first kappa shape index (κ1) is 12.5. The van der Waals surface area contributed by atoms with Crippen LogP contribution in [-0.4, -0.2) is 45.4 Å². The van der Waals surface area contributed by atoms with Crippen molar-refractivity contribution in [3.05, 3.63) is 36.4 Å². The van der Waals surface area contributed by atoms with Crippen molar-refractivity contribution in [3.63, 3.8) is 0 Å². The molecule has 3 rings (SSSR count). The largest absolute Gasteiger partial charge is 0.441 e. The van der Waals surface area contributed by atoms with Gasteiger partial charge in [-0.1, -0.05) is 5.21 Å². The summed E-state index contributed by atoms with van der Waals surface area (Å²) < 4.78 is 20.3. The molecule has 20 heavy (non-hydrogen) atoms. The van der Waals surface area contributed by atoms with Crippen LogP contribution in [0.4, 0.5) is 14.9 Å². The fourth-order valence-electron chi connectivity index (χ4n) is 2.01. The van der Waals surface area contributed by atoms with E-state index in [0.717, 1.165) is 0 Å². The number of aliphatic hydroxyl groups is 1. The topological polar surface area (TPSA) is 80.5 Å². The Morgan fingerprint density at radius 2 is 2.35 bits per heavy atom. The molecule has 1 unspecified atom stereocenters. The number of hydrogen-bond donors (Lipinski definition) is 1. The van der Waals surface area contributed by atoms with Crippen LogP contribution in [0, 0.1) is 5.82 Å². The van der Waals surface area contributed by atoms with Gasteiger partial charge >= 0.3 is 6.09 Å². The number of carbonyl (C=O) groups excluding carboxylic acids is 1. The Morgan fingerprint density at radius 3 is 2.95 bits per heavy atom. The van der Waals surface area contributed by atoms with Crippen molar-refractivity contribution in [1.29, 1.82) is 0 Å². The maximum absolute atomic E-state index is 14.1. The van der Waals surface area contributed by atoms with Crippen LogP contribution in [0.15, 0.2) is 30.6 Å². The summed E-state index contributed by atoms with van der Waals surface area (Å²) in [5, 5.41) is 16.3. The van der Waals surface area contributed by atoms with Gasteiger partial charge < -0.3 is 9.84 Å². The third-order valence-electron chi connectivity index (χ3n) is 2.99. The van der Waals surface area contributed by atoms with Crippen LogP contribution >= 0.6 is 0 Å². The number of aromatic nitrogens is 3. The number of ether oxygens (including phenoxy) is 1. The van der Waals surface area contributed by atoms with Gasteiger partial charge in [0.05, 0.1) is 31.2 Å². The van der Waals surface area contributed by atoms with Gasteiger partial charge in [-0.05, 0) is 18.2 Å². The van der Waals surface area contributed by atoms with Gasteiger partial charge in [0.1, 0.15) is 11.8 Å². The average molecular weight is 278 g/mol. The van der Waals surface area contributed by atoms with E-state index in [4.69, 9.17) is 9.84 Å². The third-order valence-corrected chi connectivity index (χ3v) is 2.99. The van der Waals surface area contributed by atoms with Crippen LogP contribution < -0.4 is 4.90 Å². The Labute approximate surface area is 113 Å². The summed E-state index contributed by atoms with van der Waals surface area (Å²) in [5.74, 6) is -0.534. The SMILES string of the molecule is O=C1OC(CO)CN1c1ccc(-n2ccnn2)c(F)c1. The second-order valence-electron chi connectivity index (χ2n) is 4.28. The molecule has 0 radical (unpaired) electrons. The predicted octanol–water partition coefficient (Wildman–Crippen LogP) is 0.724. The van der Waals surface area contributed by atoms with Gasteiger partial charge in [-0.25, -0.2) is 13.9 Å². The molecule has 2 aromatic rings. The summed E-state index contributed by atoms with van der Waals surface area (Å²) in [7, 11) is 0. The molecule has 1 saturated heterocycles. The molecule has 1 fully saturated rings. The van der Waals surface area contributed by atoms with Gasteiger partial charge in [-0.3, -0.25) is 4.90 Å². The molecule has 1 aliphatic rings. The summed E-state index contributed by atoms with van der Waals surface area (Å²) in [4.78, 5) is 12.9. The number of carbonyl (C=O) groups is 1. The van der Waals surface area contributed by atoms with E-state index in [9.17, 15) is 9.18 Å². The molecule has 0 bridgehead atoms. The molecule has 104 valence electrons. The average Bonchev–Trinajstić information content (AvgIpc) is 3.07. The van der Waals surface area contributed by atoms with E-state index in [2.05, 4.69) is 10.3 Å². The van der Waals surface area contributed by atoms with Crippen LogP contribution in [0.1, 0.15) is 0 Å². The van der Waals surface area contributed by atoms with Gasteiger partial charge in [-0.15, -0.1) is 5.10 Å². The molecular weight excluding hydrogens is 267 g/mol. The van der Waals surface area contributed by atoms with Gasteiger partial charge in [-0.2, -0.15) is 0 Å². The smallest absolute Gasteiger partial charge is 0.414 e. The molecule has 0 saturated carbocycles. The highest BCUT2D eigenvalue weighted by molar-refractivity contribution is 5.89. The maximum Gasteiger partial charge on any atom is 0.414 e. The Balaban J connectivity index is 1.89. The molecule has 1 aromatic carbocycles. The number of benzene rings is 1. The van der Waals surface area contributed by atoms with Gasteiger partial charge in [0.15, 0.2) is 5.82 Å². The molecule has 1 atom stereocenters. The second-order valence-corrected chi connectivity index (χ2v) is 4.28. The Hall–Kier alpha value is -2.48. The standard InChI is InChI=1S/C12H11FN4O3/c13-10-5-8(16-6-9(7-18)20-12(16)19)1-2-11(10)17-4-3-14-15-17/h1-5,9,18H,6-7H2. The first-order chi connectivity index (χ1) is 9.69. The summed E-state index contributed by atoms with van der Waals surface area (Å²) >= 11 is 0. The zero-order valence-corrected chi connectivity index (χ0v) is 10.3. The minimum absolute atomic E-state index is 0.192.